The van der Waals surface area contributed by atoms with Crippen molar-refractivity contribution >= 4 is 5.91 Å². The Kier molecular flexibility index (Phi) is 5.68. The second-order valence-corrected chi connectivity index (χ2v) is 4.61. The number of amides is 1. The predicted molar refractivity (Wildman–Crippen MR) is 75.1 cm³/mol. The van der Waals surface area contributed by atoms with E-state index in [1.165, 1.54) is 0 Å². The van der Waals surface area contributed by atoms with Gasteiger partial charge in [-0.2, -0.15) is 0 Å². The van der Waals surface area contributed by atoms with Crippen molar-refractivity contribution in [2.75, 3.05) is 39.5 Å². The van der Waals surface area contributed by atoms with Gasteiger partial charge in [0.25, 0.3) is 5.91 Å². The number of benzene rings is 1. The van der Waals surface area contributed by atoms with E-state index in [-0.39, 0.29) is 12.5 Å². The first-order chi connectivity index (χ1) is 9.79. The van der Waals surface area contributed by atoms with Gasteiger partial charge in [-0.3, -0.25) is 4.79 Å². The number of rotatable bonds is 6. The summed E-state index contributed by atoms with van der Waals surface area (Å²) < 4.78 is 16.3. The summed E-state index contributed by atoms with van der Waals surface area (Å²) >= 11 is 0. The van der Waals surface area contributed by atoms with Gasteiger partial charge in [-0.25, -0.2) is 0 Å². The molecular weight excluding hydrogens is 258 g/mol. The van der Waals surface area contributed by atoms with E-state index in [2.05, 4.69) is 6.92 Å². The summed E-state index contributed by atoms with van der Waals surface area (Å²) in [5.41, 5.74) is 0. The fraction of sp³-hybridized carbons (Fsp3) is 0.533. The maximum atomic E-state index is 11.9. The molecule has 1 aromatic rings. The summed E-state index contributed by atoms with van der Waals surface area (Å²) in [5, 5.41) is 0. The van der Waals surface area contributed by atoms with Crippen LogP contribution in [0.3, 0.4) is 0 Å². The van der Waals surface area contributed by atoms with Crippen LogP contribution >= 0.6 is 0 Å². The molecule has 110 valence electrons. The first-order valence-electron chi connectivity index (χ1n) is 7.01. The summed E-state index contributed by atoms with van der Waals surface area (Å²) in [4.78, 5) is 13.7. The van der Waals surface area contributed by atoms with Crippen molar-refractivity contribution in [3.8, 4) is 11.5 Å². The van der Waals surface area contributed by atoms with E-state index in [0.29, 0.717) is 38.7 Å². The lowest BCUT2D eigenvalue weighted by molar-refractivity contribution is -0.137. The van der Waals surface area contributed by atoms with Gasteiger partial charge in [0.2, 0.25) is 0 Å². The van der Waals surface area contributed by atoms with E-state index in [1.54, 1.807) is 4.90 Å². The standard InChI is InChI=1S/C15H21NO4/c1-2-8-19-13-4-3-5-14(11-13)20-12-15(17)16-6-9-18-10-7-16/h3-5,11H,2,6-10,12H2,1H3. The zero-order chi connectivity index (χ0) is 14.2. The second kappa shape index (κ2) is 7.75. The lowest BCUT2D eigenvalue weighted by Crippen LogP contribution is -2.42. The van der Waals surface area contributed by atoms with Crippen molar-refractivity contribution in [1.29, 1.82) is 0 Å². The lowest BCUT2D eigenvalue weighted by atomic mass is 10.3. The molecule has 1 aromatic carbocycles. The summed E-state index contributed by atoms with van der Waals surface area (Å²) in [6.45, 7) is 5.27. The van der Waals surface area contributed by atoms with Gasteiger partial charge in [0.15, 0.2) is 6.61 Å². The molecule has 1 heterocycles. The normalized spacial score (nSPS) is 14.9. The van der Waals surface area contributed by atoms with Gasteiger partial charge in [0.05, 0.1) is 19.8 Å². The summed E-state index contributed by atoms with van der Waals surface area (Å²) in [7, 11) is 0. The van der Waals surface area contributed by atoms with Gasteiger partial charge in [-0.15, -0.1) is 0 Å². The minimum Gasteiger partial charge on any atom is -0.493 e. The molecule has 5 nitrogen and oxygen atoms in total. The van der Waals surface area contributed by atoms with Crippen LogP contribution in [0.2, 0.25) is 0 Å². The first-order valence-corrected chi connectivity index (χ1v) is 7.01. The van der Waals surface area contributed by atoms with Crippen LogP contribution in [-0.4, -0.2) is 50.3 Å². The van der Waals surface area contributed by atoms with Crippen LogP contribution in [0.5, 0.6) is 11.5 Å². The molecule has 1 aliphatic heterocycles. The number of carbonyl (C=O) groups is 1. The predicted octanol–water partition coefficient (Wildman–Crippen LogP) is 1.71. The van der Waals surface area contributed by atoms with Gasteiger partial charge in [0, 0.05) is 19.2 Å². The highest BCUT2D eigenvalue weighted by Gasteiger charge is 2.17. The van der Waals surface area contributed by atoms with Gasteiger partial charge in [-0.05, 0) is 18.6 Å². The number of carbonyl (C=O) groups excluding carboxylic acids is 1. The Morgan fingerprint density at radius 3 is 2.65 bits per heavy atom. The average molecular weight is 279 g/mol. The number of nitrogens with zero attached hydrogens (tertiary/aromatic N) is 1. The van der Waals surface area contributed by atoms with Crippen LogP contribution in [-0.2, 0) is 9.53 Å². The van der Waals surface area contributed by atoms with Crippen molar-refractivity contribution in [2.24, 2.45) is 0 Å². The molecule has 0 saturated carbocycles. The minimum atomic E-state index is -0.00632. The minimum absolute atomic E-state index is 0.00632. The molecule has 0 N–H and O–H groups in total. The fourth-order valence-corrected chi connectivity index (χ4v) is 1.92. The van der Waals surface area contributed by atoms with Crippen LogP contribution in [0.25, 0.3) is 0 Å². The molecular formula is C15H21NO4. The largest absolute Gasteiger partial charge is 0.493 e. The third-order valence-corrected chi connectivity index (χ3v) is 3.00. The molecule has 0 aliphatic carbocycles. The molecule has 1 amide bonds. The van der Waals surface area contributed by atoms with E-state index in [1.807, 2.05) is 24.3 Å². The van der Waals surface area contributed by atoms with Gasteiger partial charge in [0.1, 0.15) is 11.5 Å². The zero-order valence-electron chi connectivity index (χ0n) is 11.8. The number of morpholine rings is 1. The highest BCUT2D eigenvalue weighted by molar-refractivity contribution is 5.77. The maximum absolute atomic E-state index is 11.9. The lowest BCUT2D eigenvalue weighted by Gasteiger charge is -2.26. The Morgan fingerprint density at radius 1 is 1.25 bits per heavy atom. The van der Waals surface area contributed by atoms with Gasteiger partial charge in [-0.1, -0.05) is 13.0 Å². The van der Waals surface area contributed by atoms with E-state index in [9.17, 15) is 4.79 Å². The molecule has 20 heavy (non-hydrogen) atoms. The Balaban J connectivity index is 1.82. The van der Waals surface area contributed by atoms with E-state index >= 15 is 0 Å². The topological polar surface area (TPSA) is 48.0 Å². The van der Waals surface area contributed by atoms with Crippen molar-refractivity contribution in [3.05, 3.63) is 24.3 Å². The van der Waals surface area contributed by atoms with E-state index in [0.717, 1.165) is 12.2 Å². The average Bonchev–Trinajstić information content (AvgIpc) is 2.52. The van der Waals surface area contributed by atoms with Crippen LogP contribution in [0.1, 0.15) is 13.3 Å². The highest BCUT2D eigenvalue weighted by Crippen LogP contribution is 2.19. The van der Waals surface area contributed by atoms with Crippen LogP contribution in [0.15, 0.2) is 24.3 Å². The molecule has 0 bridgehead atoms. The third-order valence-electron chi connectivity index (χ3n) is 3.00. The quantitative estimate of drug-likeness (QED) is 0.795. The number of hydrogen-bond donors (Lipinski definition) is 0. The Labute approximate surface area is 119 Å². The zero-order valence-corrected chi connectivity index (χ0v) is 11.8. The van der Waals surface area contributed by atoms with Crippen molar-refractivity contribution in [2.45, 2.75) is 13.3 Å². The molecule has 1 fully saturated rings. The fourth-order valence-electron chi connectivity index (χ4n) is 1.92. The monoisotopic (exact) mass is 279 g/mol. The Hall–Kier alpha value is -1.75. The van der Waals surface area contributed by atoms with Gasteiger partial charge >= 0.3 is 0 Å². The van der Waals surface area contributed by atoms with Gasteiger partial charge < -0.3 is 19.1 Å². The first kappa shape index (κ1) is 14.7. The Bertz CT molecular complexity index is 430. The van der Waals surface area contributed by atoms with Crippen LogP contribution < -0.4 is 9.47 Å². The molecule has 0 aromatic heterocycles. The molecule has 1 aliphatic rings. The number of ether oxygens (including phenoxy) is 3. The highest BCUT2D eigenvalue weighted by atomic mass is 16.5. The van der Waals surface area contributed by atoms with Crippen LogP contribution in [0, 0.1) is 0 Å². The SMILES string of the molecule is CCCOc1cccc(OCC(=O)N2CCOCC2)c1. The third kappa shape index (κ3) is 4.42. The Morgan fingerprint density at radius 2 is 1.95 bits per heavy atom. The van der Waals surface area contributed by atoms with Crippen molar-refractivity contribution in [1.82, 2.24) is 4.90 Å². The molecule has 0 spiro atoms. The smallest absolute Gasteiger partial charge is 0.260 e. The second-order valence-electron chi connectivity index (χ2n) is 4.61. The molecule has 1 saturated heterocycles. The van der Waals surface area contributed by atoms with Crippen molar-refractivity contribution in [3.63, 3.8) is 0 Å². The molecule has 5 heteroatoms. The molecule has 0 atom stereocenters. The maximum Gasteiger partial charge on any atom is 0.260 e. The summed E-state index contributed by atoms with van der Waals surface area (Å²) in [6, 6.07) is 7.37. The molecule has 0 unspecified atom stereocenters. The number of hydrogen-bond acceptors (Lipinski definition) is 4. The summed E-state index contributed by atoms with van der Waals surface area (Å²) in [6.07, 6.45) is 0.959. The molecule has 2 rings (SSSR count). The van der Waals surface area contributed by atoms with E-state index in [4.69, 9.17) is 14.2 Å². The van der Waals surface area contributed by atoms with Crippen LogP contribution in [0.4, 0.5) is 0 Å². The summed E-state index contributed by atoms with van der Waals surface area (Å²) in [5.74, 6) is 1.41. The molecule has 0 radical (unpaired) electrons. The van der Waals surface area contributed by atoms with Crippen molar-refractivity contribution < 1.29 is 19.0 Å². The van der Waals surface area contributed by atoms with E-state index < -0.39 is 0 Å².